The molecule has 1 N–H and O–H groups in total. The molecule has 28 heavy (non-hydrogen) atoms. The average Bonchev–Trinajstić information content (AvgIpc) is 3.00. The fourth-order valence-corrected chi connectivity index (χ4v) is 2.78. The molecule has 0 saturated heterocycles. The van der Waals surface area contributed by atoms with Crippen LogP contribution in [-0.4, -0.2) is 30.3 Å². The lowest BCUT2D eigenvalue weighted by Crippen LogP contribution is -2.29. The fraction of sp³-hybridized carbons (Fsp3) is 0.143. The summed E-state index contributed by atoms with van der Waals surface area (Å²) in [7, 11) is 0. The molecule has 0 spiro atoms. The zero-order valence-electron chi connectivity index (χ0n) is 15.4. The molecule has 2 aromatic carbocycles. The van der Waals surface area contributed by atoms with Crippen molar-refractivity contribution in [1.29, 1.82) is 0 Å². The molecule has 0 unspecified atom stereocenters. The molecule has 1 heterocycles. The standard InChI is InChI=1S/C21H18N2O5/c1-13-6-7-17(14(2)10-13)22-18(24)12-28-21(27)15-4-3-5-16(11-15)23-19(25)8-9-20(23)26/h3-11H,12H2,1-2H3,(H,22,24). The Bertz CT molecular complexity index is 992. The van der Waals surface area contributed by atoms with E-state index in [1.54, 1.807) is 6.07 Å². The van der Waals surface area contributed by atoms with Crippen LogP contribution in [0.25, 0.3) is 0 Å². The Hall–Kier alpha value is -3.74. The van der Waals surface area contributed by atoms with Crippen LogP contribution in [0.1, 0.15) is 21.5 Å². The van der Waals surface area contributed by atoms with Gasteiger partial charge in [-0.3, -0.25) is 14.4 Å². The number of aryl methyl sites for hydroxylation is 2. The molecule has 0 fully saturated rings. The van der Waals surface area contributed by atoms with Gasteiger partial charge >= 0.3 is 5.97 Å². The van der Waals surface area contributed by atoms with Gasteiger partial charge in [-0.05, 0) is 43.7 Å². The van der Waals surface area contributed by atoms with E-state index < -0.39 is 30.3 Å². The van der Waals surface area contributed by atoms with Crippen LogP contribution in [0.4, 0.5) is 11.4 Å². The lowest BCUT2D eigenvalue weighted by atomic mass is 10.1. The monoisotopic (exact) mass is 378 g/mol. The molecule has 142 valence electrons. The minimum atomic E-state index is -0.732. The van der Waals surface area contributed by atoms with Crippen LogP contribution in [0.2, 0.25) is 0 Å². The zero-order valence-corrected chi connectivity index (χ0v) is 15.4. The Morgan fingerprint density at radius 1 is 1.00 bits per heavy atom. The predicted molar refractivity (Wildman–Crippen MR) is 103 cm³/mol. The number of imide groups is 1. The van der Waals surface area contributed by atoms with Crippen molar-refractivity contribution in [2.24, 2.45) is 0 Å². The molecule has 0 saturated carbocycles. The number of amides is 3. The van der Waals surface area contributed by atoms with Gasteiger partial charge in [0.2, 0.25) is 0 Å². The molecule has 0 bridgehead atoms. The van der Waals surface area contributed by atoms with Gasteiger partial charge in [-0.15, -0.1) is 0 Å². The number of carbonyl (C=O) groups is 4. The maximum Gasteiger partial charge on any atom is 0.338 e. The van der Waals surface area contributed by atoms with Crippen molar-refractivity contribution in [3.63, 3.8) is 0 Å². The molecule has 7 nitrogen and oxygen atoms in total. The number of anilines is 2. The SMILES string of the molecule is Cc1ccc(NC(=O)COC(=O)c2cccc(N3C(=O)C=CC3=O)c2)c(C)c1. The van der Waals surface area contributed by atoms with Gasteiger partial charge in [-0.25, -0.2) is 9.69 Å². The van der Waals surface area contributed by atoms with E-state index in [2.05, 4.69) is 5.32 Å². The lowest BCUT2D eigenvalue weighted by Gasteiger charge is -2.14. The number of esters is 1. The summed E-state index contributed by atoms with van der Waals surface area (Å²) in [6, 6.07) is 11.5. The van der Waals surface area contributed by atoms with Crippen molar-refractivity contribution < 1.29 is 23.9 Å². The topological polar surface area (TPSA) is 92.8 Å². The molecule has 1 aliphatic heterocycles. The summed E-state index contributed by atoms with van der Waals surface area (Å²) in [6.07, 6.45) is 2.31. The highest BCUT2D eigenvalue weighted by Gasteiger charge is 2.25. The third-order valence-corrected chi connectivity index (χ3v) is 4.14. The second kappa shape index (κ2) is 7.87. The number of hydrogen-bond acceptors (Lipinski definition) is 5. The van der Waals surface area contributed by atoms with Crippen molar-refractivity contribution in [2.45, 2.75) is 13.8 Å². The van der Waals surface area contributed by atoms with Gasteiger partial charge in [0, 0.05) is 17.8 Å². The molecule has 7 heteroatoms. The third-order valence-electron chi connectivity index (χ3n) is 4.14. The number of rotatable bonds is 5. The van der Waals surface area contributed by atoms with Gasteiger partial charge in [0.25, 0.3) is 17.7 Å². The van der Waals surface area contributed by atoms with Crippen LogP contribution in [-0.2, 0) is 19.1 Å². The Balaban J connectivity index is 1.62. The molecule has 1 aliphatic rings. The quantitative estimate of drug-likeness (QED) is 0.638. The smallest absolute Gasteiger partial charge is 0.338 e. The zero-order chi connectivity index (χ0) is 20.3. The Morgan fingerprint density at radius 3 is 2.39 bits per heavy atom. The Labute approximate surface area is 161 Å². The van der Waals surface area contributed by atoms with Crippen molar-refractivity contribution in [2.75, 3.05) is 16.8 Å². The van der Waals surface area contributed by atoms with Crippen LogP contribution in [0.15, 0.2) is 54.6 Å². The number of benzene rings is 2. The molecule has 0 aliphatic carbocycles. The molecule has 2 aromatic rings. The van der Waals surface area contributed by atoms with E-state index in [1.807, 2.05) is 26.0 Å². The third kappa shape index (κ3) is 4.15. The second-order valence-electron chi connectivity index (χ2n) is 6.34. The number of hydrogen-bond donors (Lipinski definition) is 1. The van der Waals surface area contributed by atoms with Crippen molar-refractivity contribution >= 4 is 35.1 Å². The van der Waals surface area contributed by atoms with Gasteiger partial charge in [0.1, 0.15) is 0 Å². The van der Waals surface area contributed by atoms with E-state index in [1.165, 1.54) is 24.3 Å². The highest BCUT2D eigenvalue weighted by molar-refractivity contribution is 6.28. The van der Waals surface area contributed by atoms with Gasteiger partial charge in [-0.1, -0.05) is 23.8 Å². The summed E-state index contributed by atoms with van der Waals surface area (Å²) in [5.41, 5.74) is 3.01. The predicted octanol–water partition coefficient (Wildman–Crippen LogP) is 2.53. The maximum absolute atomic E-state index is 12.2. The van der Waals surface area contributed by atoms with Crippen molar-refractivity contribution in [3.05, 3.63) is 71.3 Å². The average molecular weight is 378 g/mol. The fourth-order valence-electron chi connectivity index (χ4n) is 2.78. The first kappa shape index (κ1) is 19.0. The van der Waals surface area contributed by atoms with E-state index in [9.17, 15) is 19.2 Å². The molecule has 0 aromatic heterocycles. The van der Waals surface area contributed by atoms with Crippen molar-refractivity contribution in [3.8, 4) is 0 Å². The highest BCUT2D eigenvalue weighted by atomic mass is 16.5. The lowest BCUT2D eigenvalue weighted by molar-refractivity contribution is -0.120. The van der Waals surface area contributed by atoms with E-state index in [0.29, 0.717) is 5.69 Å². The molecular formula is C21H18N2O5. The van der Waals surface area contributed by atoms with Crippen molar-refractivity contribution in [1.82, 2.24) is 0 Å². The number of carbonyl (C=O) groups excluding carboxylic acids is 4. The first-order valence-corrected chi connectivity index (χ1v) is 8.55. The molecule has 0 atom stereocenters. The highest BCUT2D eigenvalue weighted by Crippen LogP contribution is 2.21. The van der Waals surface area contributed by atoms with E-state index in [0.717, 1.165) is 28.2 Å². The largest absolute Gasteiger partial charge is 0.452 e. The number of nitrogens with zero attached hydrogens (tertiary/aromatic N) is 1. The number of nitrogens with one attached hydrogen (secondary N) is 1. The molecule has 3 rings (SSSR count). The van der Waals surface area contributed by atoms with Gasteiger partial charge in [0.05, 0.1) is 11.3 Å². The van der Waals surface area contributed by atoms with Gasteiger partial charge in [-0.2, -0.15) is 0 Å². The number of ether oxygens (including phenoxy) is 1. The van der Waals surface area contributed by atoms with Crippen LogP contribution < -0.4 is 10.2 Å². The first-order chi connectivity index (χ1) is 13.3. The first-order valence-electron chi connectivity index (χ1n) is 8.55. The Kier molecular flexibility index (Phi) is 5.35. The molecule has 0 radical (unpaired) electrons. The van der Waals surface area contributed by atoms with E-state index >= 15 is 0 Å². The summed E-state index contributed by atoms with van der Waals surface area (Å²) in [5.74, 6) is -2.16. The molecule has 3 amide bonds. The normalized spacial score (nSPS) is 13.0. The summed E-state index contributed by atoms with van der Waals surface area (Å²) in [6.45, 7) is 3.36. The Morgan fingerprint density at radius 2 is 1.71 bits per heavy atom. The minimum Gasteiger partial charge on any atom is -0.452 e. The summed E-state index contributed by atoms with van der Waals surface area (Å²) >= 11 is 0. The second-order valence-corrected chi connectivity index (χ2v) is 6.34. The van der Waals surface area contributed by atoms with E-state index in [-0.39, 0.29) is 11.3 Å². The van der Waals surface area contributed by atoms with Crippen LogP contribution >= 0.6 is 0 Å². The van der Waals surface area contributed by atoms with Crippen LogP contribution in [0.5, 0.6) is 0 Å². The molecular weight excluding hydrogens is 360 g/mol. The van der Waals surface area contributed by atoms with Gasteiger partial charge < -0.3 is 10.1 Å². The van der Waals surface area contributed by atoms with Gasteiger partial charge in [0.15, 0.2) is 6.61 Å². The summed E-state index contributed by atoms with van der Waals surface area (Å²) in [4.78, 5) is 48.7. The van der Waals surface area contributed by atoms with E-state index in [4.69, 9.17) is 4.74 Å². The summed E-state index contributed by atoms with van der Waals surface area (Å²) < 4.78 is 5.04. The van der Waals surface area contributed by atoms with Crippen LogP contribution in [0.3, 0.4) is 0 Å². The summed E-state index contributed by atoms with van der Waals surface area (Å²) in [5, 5.41) is 2.69. The minimum absolute atomic E-state index is 0.129. The van der Waals surface area contributed by atoms with Crippen LogP contribution in [0, 0.1) is 13.8 Å². The maximum atomic E-state index is 12.2.